The SMILES string of the molecule is CCCCCCCC=C=CCCCCCCCC(=O)OC[C@H](CO[C@H]1O[C@@H](CO[C@H]2O[C@@H](CO)[C@@H](O)C(O)C2O)[C@@H](O)C(O)C1O)OC(=O)CCCCCCCCCCCCCCCCCCCC. The first kappa shape index (κ1) is 63.1. The van der Waals surface area contributed by atoms with E-state index in [1.165, 1.54) is 122 Å². The number of carbonyl (C=O) groups is 2. The van der Waals surface area contributed by atoms with Gasteiger partial charge in [0.05, 0.1) is 19.8 Å². The Hall–Kier alpha value is -1.98. The molecule has 2 aliphatic heterocycles. The summed E-state index contributed by atoms with van der Waals surface area (Å²) < 4.78 is 33.6. The van der Waals surface area contributed by atoms with Crippen LogP contribution in [-0.2, 0) is 38.0 Å². The van der Waals surface area contributed by atoms with Gasteiger partial charge in [0, 0.05) is 12.8 Å². The Labute approximate surface area is 415 Å². The molecule has 0 aromatic heterocycles. The number of ether oxygens (including phenoxy) is 6. The van der Waals surface area contributed by atoms with Gasteiger partial charge in [0.15, 0.2) is 18.7 Å². The standard InChI is InChI=1S/C54H98O15/c1-3-5-7-9-11-13-15-17-19-20-21-23-25-27-29-31-33-35-37-46(57)67-42(39-64-45(56)36-34-32-30-28-26-24-22-18-16-14-12-10-8-6-4-2)40-65-53-52(63)50(61)48(59)44(69-53)41-66-54-51(62)49(60)47(58)43(38-55)68-54/h16,22,42-44,47-55,58-63H,3-15,17,19-21,23-41H2,1-2H3/t18?,42-,43+,44+,47-,48-,49?,50?,51?,52?,53+,54+/m1/s1. The molecule has 0 bridgehead atoms. The van der Waals surface area contributed by atoms with Crippen LogP contribution in [0.5, 0.6) is 0 Å². The van der Waals surface area contributed by atoms with Crippen LogP contribution in [0.3, 0.4) is 0 Å². The van der Waals surface area contributed by atoms with E-state index >= 15 is 0 Å². The van der Waals surface area contributed by atoms with Crippen molar-refractivity contribution in [1.29, 1.82) is 0 Å². The van der Waals surface area contributed by atoms with Crippen molar-refractivity contribution < 1.29 is 73.8 Å². The van der Waals surface area contributed by atoms with Crippen molar-refractivity contribution in [3.63, 3.8) is 0 Å². The van der Waals surface area contributed by atoms with Crippen molar-refractivity contribution in [3.8, 4) is 0 Å². The van der Waals surface area contributed by atoms with Gasteiger partial charge in [0.2, 0.25) is 0 Å². The fraction of sp³-hybridized carbons (Fsp3) is 0.907. The lowest BCUT2D eigenvalue weighted by atomic mass is 9.98. The Morgan fingerprint density at radius 2 is 0.870 bits per heavy atom. The first-order valence-corrected chi connectivity index (χ1v) is 27.5. The number of unbranched alkanes of at least 4 members (excludes halogenated alkanes) is 27. The number of rotatable bonds is 43. The number of allylic oxidation sites excluding steroid dienone is 1. The van der Waals surface area contributed by atoms with Crippen LogP contribution in [0, 0.1) is 0 Å². The average Bonchev–Trinajstić information content (AvgIpc) is 3.34. The van der Waals surface area contributed by atoms with Gasteiger partial charge in [-0.1, -0.05) is 168 Å². The molecule has 11 atom stereocenters. The van der Waals surface area contributed by atoms with E-state index in [0.29, 0.717) is 12.8 Å². The Morgan fingerprint density at radius 3 is 1.33 bits per heavy atom. The largest absolute Gasteiger partial charge is 0.462 e. The van der Waals surface area contributed by atoms with E-state index in [2.05, 4.69) is 31.7 Å². The maximum atomic E-state index is 13.0. The predicted molar refractivity (Wildman–Crippen MR) is 265 cm³/mol. The molecule has 0 spiro atoms. The van der Waals surface area contributed by atoms with Gasteiger partial charge in [-0.05, 0) is 50.7 Å². The summed E-state index contributed by atoms with van der Waals surface area (Å²) in [5.74, 6) is -0.935. The third kappa shape index (κ3) is 29.3. The highest BCUT2D eigenvalue weighted by Gasteiger charge is 2.47. The van der Waals surface area contributed by atoms with Gasteiger partial charge in [-0.25, -0.2) is 0 Å². The van der Waals surface area contributed by atoms with Gasteiger partial charge in [0.1, 0.15) is 55.4 Å². The van der Waals surface area contributed by atoms with Crippen molar-refractivity contribution in [1.82, 2.24) is 0 Å². The van der Waals surface area contributed by atoms with Gasteiger partial charge in [0.25, 0.3) is 0 Å². The lowest BCUT2D eigenvalue weighted by Gasteiger charge is -2.42. The minimum Gasteiger partial charge on any atom is -0.462 e. The average molecular weight is 987 g/mol. The fourth-order valence-electron chi connectivity index (χ4n) is 8.72. The van der Waals surface area contributed by atoms with Crippen molar-refractivity contribution in [2.75, 3.05) is 26.4 Å². The van der Waals surface area contributed by atoms with Crippen LogP contribution in [-0.4, -0.2) is 142 Å². The number of esters is 2. The molecule has 69 heavy (non-hydrogen) atoms. The van der Waals surface area contributed by atoms with Crippen molar-refractivity contribution in [3.05, 3.63) is 17.9 Å². The zero-order valence-electron chi connectivity index (χ0n) is 42.9. The molecule has 15 heteroatoms. The second kappa shape index (κ2) is 41.5. The molecule has 15 nitrogen and oxygen atoms in total. The highest BCUT2D eigenvalue weighted by atomic mass is 16.7. The summed E-state index contributed by atoms with van der Waals surface area (Å²) in [4.78, 5) is 25.8. The molecule has 0 amide bonds. The third-order valence-electron chi connectivity index (χ3n) is 13.3. The summed E-state index contributed by atoms with van der Waals surface area (Å²) in [7, 11) is 0. The molecule has 0 aliphatic carbocycles. The molecule has 2 rings (SSSR count). The quantitative estimate of drug-likeness (QED) is 0.0173. The summed E-state index contributed by atoms with van der Waals surface area (Å²) in [6.45, 7) is 2.59. The summed E-state index contributed by atoms with van der Waals surface area (Å²) in [5, 5.41) is 72.2. The van der Waals surface area contributed by atoms with Crippen LogP contribution in [0.1, 0.15) is 219 Å². The molecule has 2 aliphatic rings. The van der Waals surface area contributed by atoms with Crippen LogP contribution in [0.15, 0.2) is 17.9 Å². The maximum Gasteiger partial charge on any atom is 0.306 e. The van der Waals surface area contributed by atoms with E-state index in [0.717, 1.165) is 57.8 Å². The molecule has 0 aromatic carbocycles. The van der Waals surface area contributed by atoms with Crippen molar-refractivity contribution in [2.24, 2.45) is 0 Å². The second-order valence-electron chi connectivity index (χ2n) is 19.5. The minimum atomic E-state index is -1.77. The number of hydrogen-bond acceptors (Lipinski definition) is 15. The molecule has 0 aromatic rings. The van der Waals surface area contributed by atoms with E-state index in [4.69, 9.17) is 28.4 Å². The molecule has 0 saturated carbocycles. The van der Waals surface area contributed by atoms with Gasteiger partial charge in [-0.3, -0.25) is 9.59 Å². The van der Waals surface area contributed by atoms with Crippen LogP contribution < -0.4 is 0 Å². The van der Waals surface area contributed by atoms with Crippen LogP contribution in [0.2, 0.25) is 0 Å². The van der Waals surface area contributed by atoms with E-state index in [1.807, 2.05) is 0 Å². The summed E-state index contributed by atoms with van der Waals surface area (Å²) >= 11 is 0. The smallest absolute Gasteiger partial charge is 0.306 e. The zero-order chi connectivity index (χ0) is 50.3. The fourth-order valence-corrected chi connectivity index (χ4v) is 8.72. The zero-order valence-corrected chi connectivity index (χ0v) is 42.9. The highest BCUT2D eigenvalue weighted by Crippen LogP contribution is 2.27. The van der Waals surface area contributed by atoms with Gasteiger partial charge in [-0.2, -0.15) is 0 Å². The number of aliphatic hydroxyl groups is 7. The number of aliphatic hydroxyl groups excluding tert-OH is 7. The lowest BCUT2D eigenvalue weighted by molar-refractivity contribution is -0.332. The number of carbonyl (C=O) groups excluding carboxylic acids is 2. The molecule has 2 heterocycles. The molecule has 2 saturated heterocycles. The van der Waals surface area contributed by atoms with Crippen molar-refractivity contribution in [2.45, 2.75) is 287 Å². The van der Waals surface area contributed by atoms with E-state index in [-0.39, 0.29) is 26.1 Å². The summed E-state index contributed by atoms with van der Waals surface area (Å²) in [6.07, 6.45) is 23.0. The topological polar surface area (TPSA) is 231 Å². The van der Waals surface area contributed by atoms with Crippen LogP contribution >= 0.6 is 0 Å². The second-order valence-corrected chi connectivity index (χ2v) is 19.5. The molecular weight excluding hydrogens is 889 g/mol. The van der Waals surface area contributed by atoms with Crippen LogP contribution in [0.25, 0.3) is 0 Å². The Bertz CT molecular complexity index is 1310. The van der Waals surface area contributed by atoms with E-state index in [1.54, 1.807) is 0 Å². The van der Waals surface area contributed by atoms with Crippen LogP contribution in [0.4, 0.5) is 0 Å². The Kier molecular flexibility index (Phi) is 38.0. The summed E-state index contributed by atoms with van der Waals surface area (Å²) in [5.41, 5.74) is 3.29. The lowest BCUT2D eigenvalue weighted by Crippen LogP contribution is -2.61. The third-order valence-corrected chi connectivity index (χ3v) is 13.3. The maximum absolute atomic E-state index is 13.0. The van der Waals surface area contributed by atoms with Gasteiger partial charge >= 0.3 is 11.9 Å². The highest BCUT2D eigenvalue weighted by molar-refractivity contribution is 5.70. The Balaban J connectivity index is 1.79. The monoisotopic (exact) mass is 987 g/mol. The molecule has 2 fully saturated rings. The van der Waals surface area contributed by atoms with E-state index < -0.39 is 92.7 Å². The normalized spacial score (nSPS) is 25.2. The first-order chi connectivity index (χ1) is 33.5. The molecule has 7 N–H and O–H groups in total. The minimum absolute atomic E-state index is 0.166. The molecule has 4 unspecified atom stereocenters. The first-order valence-electron chi connectivity index (χ1n) is 27.5. The van der Waals surface area contributed by atoms with Gasteiger partial charge < -0.3 is 64.2 Å². The van der Waals surface area contributed by atoms with Gasteiger partial charge in [-0.15, -0.1) is 5.73 Å². The Morgan fingerprint density at radius 1 is 0.478 bits per heavy atom. The van der Waals surface area contributed by atoms with E-state index in [9.17, 15) is 45.3 Å². The van der Waals surface area contributed by atoms with Crippen molar-refractivity contribution >= 4 is 11.9 Å². The molecule has 0 radical (unpaired) electrons. The number of hydrogen-bond donors (Lipinski definition) is 7. The predicted octanol–water partition coefficient (Wildman–Crippen LogP) is 8.32. The summed E-state index contributed by atoms with van der Waals surface area (Å²) in [6, 6.07) is 0. The molecular formula is C54H98O15. The molecule has 404 valence electrons.